The molecule has 0 unspecified atom stereocenters. The number of rotatable bonds is 1. The zero-order chi connectivity index (χ0) is 9.97. The summed E-state index contributed by atoms with van der Waals surface area (Å²) in [4.78, 5) is 22.5. The number of piperidine rings is 2. The van der Waals surface area contributed by atoms with Gasteiger partial charge in [-0.2, -0.15) is 0 Å². The summed E-state index contributed by atoms with van der Waals surface area (Å²) in [6.45, 7) is 2.87. The first-order valence-electron chi connectivity index (χ1n) is 5.29. The van der Waals surface area contributed by atoms with Gasteiger partial charge in [0.2, 0.25) is 0 Å². The predicted octanol–water partition coefficient (Wildman–Crippen LogP) is 0.231. The fourth-order valence-corrected chi connectivity index (χ4v) is 2.12. The highest BCUT2D eigenvalue weighted by Crippen LogP contribution is 2.13. The van der Waals surface area contributed by atoms with Crippen LogP contribution in [0.15, 0.2) is 0 Å². The molecule has 0 spiro atoms. The molecular weight excluding hydrogens is 180 g/mol. The van der Waals surface area contributed by atoms with Crippen molar-refractivity contribution in [3.63, 3.8) is 0 Å². The van der Waals surface area contributed by atoms with Crippen molar-refractivity contribution in [2.75, 3.05) is 26.2 Å². The topological polar surface area (TPSA) is 40.6 Å². The number of carbonyl (C=O) groups is 2. The van der Waals surface area contributed by atoms with Crippen molar-refractivity contribution >= 4 is 11.6 Å². The normalized spacial score (nSPS) is 26.9. The average Bonchev–Trinajstić information content (AvgIpc) is 2.18. The molecule has 0 atom stereocenters. The van der Waals surface area contributed by atoms with E-state index in [0.717, 1.165) is 25.9 Å². The number of hydrogen-bond donors (Lipinski definition) is 0. The third-order valence-electron chi connectivity index (χ3n) is 2.86. The Morgan fingerprint density at radius 1 is 0.786 bits per heavy atom. The molecule has 2 rings (SSSR count). The van der Waals surface area contributed by atoms with Gasteiger partial charge in [-0.3, -0.25) is 9.59 Å². The van der Waals surface area contributed by atoms with Crippen LogP contribution in [0.3, 0.4) is 0 Å². The van der Waals surface area contributed by atoms with E-state index in [9.17, 15) is 9.59 Å². The SMILES string of the molecule is O=C1CCCN(N2CCCC(=O)C2)C1. The summed E-state index contributed by atoms with van der Waals surface area (Å²) in [5.41, 5.74) is 0. The fraction of sp³-hybridized carbons (Fsp3) is 0.800. The summed E-state index contributed by atoms with van der Waals surface area (Å²) in [5.74, 6) is 0.601. The second-order valence-electron chi connectivity index (χ2n) is 4.06. The molecular formula is C10H16N2O2. The molecule has 0 aliphatic carbocycles. The maximum Gasteiger partial charge on any atom is 0.148 e. The van der Waals surface area contributed by atoms with Crippen molar-refractivity contribution in [1.29, 1.82) is 0 Å². The Labute approximate surface area is 83.8 Å². The standard InChI is InChI=1S/C10H16N2O2/c13-9-3-1-5-11(7-9)12-6-2-4-10(14)8-12/h1-8H2. The summed E-state index contributed by atoms with van der Waals surface area (Å²) in [6.07, 6.45) is 3.28. The van der Waals surface area contributed by atoms with Crippen LogP contribution in [-0.4, -0.2) is 47.8 Å². The first-order chi connectivity index (χ1) is 6.75. The third-order valence-corrected chi connectivity index (χ3v) is 2.86. The van der Waals surface area contributed by atoms with E-state index < -0.39 is 0 Å². The van der Waals surface area contributed by atoms with E-state index in [1.807, 2.05) is 10.0 Å². The average molecular weight is 196 g/mol. The van der Waals surface area contributed by atoms with Gasteiger partial charge < -0.3 is 0 Å². The number of carbonyl (C=O) groups excluding carboxylic acids is 2. The van der Waals surface area contributed by atoms with Crippen LogP contribution in [0.5, 0.6) is 0 Å². The molecule has 0 bridgehead atoms. The van der Waals surface area contributed by atoms with Gasteiger partial charge in [0.25, 0.3) is 0 Å². The van der Waals surface area contributed by atoms with Crippen LogP contribution in [0, 0.1) is 0 Å². The molecule has 0 saturated carbocycles. The summed E-state index contributed by atoms with van der Waals surface area (Å²) >= 11 is 0. The van der Waals surface area contributed by atoms with Crippen LogP contribution < -0.4 is 0 Å². The molecule has 78 valence electrons. The van der Waals surface area contributed by atoms with E-state index in [1.165, 1.54) is 0 Å². The molecule has 4 heteroatoms. The largest absolute Gasteiger partial charge is 0.298 e. The molecule has 0 N–H and O–H groups in total. The lowest BCUT2D eigenvalue weighted by atomic mass is 10.1. The zero-order valence-electron chi connectivity index (χ0n) is 8.37. The lowest BCUT2D eigenvalue weighted by Gasteiger charge is -2.38. The van der Waals surface area contributed by atoms with Crippen LogP contribution in [0.4, 0.5) is 0 Å². The van der Waals surface area contributed by atoms with Crippen molar-refractivity contribution in [3.8, 4) is 0 Å². The molecule has 4 nitrogen and oxygen atoms in total. The molecule has 14 heavy (non-hydrogen) atoms. The van der Waals surface area contributed by atoms with Crippen molar-refractivity contribution in [2.24, 2.45) is 0 Å². The molecule has 2 fully saturated rings. The van der Waals surface area contributed by atoms with E-state index in [-0.39, 0.29) is 0 Å². The van der Waals surface area contributed by atoms with E-state index >= 15 is 0 Å². The van der Waals surface area contributed by atoms with Gasteiger partial charge in [-0.05, 0) is 12.8 Å². The van der Waals surface area contributed by atoms with Crippen LogP contribution in [0.2, 0.25) is 0 Å². The Kier molecular flexibility index (Phi) is 2.93. The van der Waals surface area contributed by atoms with Crippen molar-refractivity contribution in [1.82, 2.24) is 10.0 Å². The molecule has 2 heterocycles. The molecule has 2 saturated heterocycles. The van der Waals surface area contributed by atoms with E-state index in [0.29, 0.717) is 37.5 Å². The van der Waals surface area contributed by atoms with Crippen LogP contribution in [0.1, 0.15) is 25.7 Å². The van der Waals surface area contributed by atoms with Gasteiger partial charge in [0, 0.05) is 25.9 Å². The second-order valence-corrected chi connectivity index (χ2v) is 4.06. The second kappa shape index (κ2) is 4.19. The number of ketones is 2. The Morgan fingerprint density at radius 3 is 1.57 bits per heavy atom. The van der Waals surface area contributed by atoms with Crippen LogP contribution >= 0.6 is 0 Å². The monoisotopic (exact) mass is 196 g/mol. The maximum atomic E-state index is 11.2. The summed E-state index contributed by atoms with van der Waals surface area (Å²) < 4.78 is 0. The summed E-state index contributed by atoms with van der Waals surface area (Å²) in [7, 11) is 0. The van der Waals surface area contributed by atoms with Gasteiger partial charge in [-0.15, -0.1) is 0 Å². The van der Waals surface area contributed by atoms with Gasteiger partial charge in [-0.25, -0.2) is 10.0 Å². The van der Waals surface area contributed by atoms with E-state index in [1.54, 1.807) is 0 Å². The van der Waals surface area contributed by atoms with Crippen molar-refractivity contribution in [3.05, 3.63) is 0 Å². The quantitative estimate of drug-likeness (QED) is 0.602. The molecule has 0 aromatic rings. The van der Waals surface area contributed by atoms with Crippen molar-refractivity contribution in [2.45, 2.75) is 25.7 Å². The molecule has 2 aliphatic heterocycles. The molecule has 2 aliphatic rings. The summed E-state index contributed by atoms with van der Waals surface area (Å²) in [6, 6.07) is 0. The maximum absolute atomic E-state index is 11.2. The third kappa shape index (κ3) is 2.19. The van der Waals surface area contributed by atoms with Crippen LogP contribution in [-0.2, 0) is 9.59 Å². The van der Waals surface area contributed by atoms with Gasteiger partial charge in [0.05, 0.1) is 13.1 Å². The smallest absolute Gasteiger partial charge is 0.148 e. The number of Topliss-reactive ketones (excluding diaryl/α,β-unsaturated/α-hetero) is 2. The lowest BCUT2D eigenvalue weighted by Crippen LogP contribution is -2.52. The Morgan fingerprint density at radius 2 is 1.21 bits per heavy atom. The molecule has 0 radical (unpaired) electrons. The van der Waals surface area contributed by atoms with Gasteiger partial charge in [0.15, 0.2) is 0 Å². The first kappa shape index (κ1) is 9.80. The molecule has 0 aromatic heterocycles. The Bertz CT molecular complexity index is 227. The number of hydrogen-bond acceptors (Lipinski definition) is 4. The fourth-order valence-electron chi connectivity index (χ4n) is 2.12. The minimum Gasteiger partial charge on any atom is -0.298 e. The summed E-state index contributed by atoms with van der Waals surface area (Å²) in [5, 5.41) is 4.09. The number of nitrogens with zero attached hydrogens (tertiary/aromatic N) is 2. The first-order valence-corrected chi connectivity index (χ1v) is 5.29. The zero-order valence-corrected chi connectivity index (χ0v) is 8.37. The lowest BCUT2D eigenvalue weighted by molar-refractivity contribution is -0.140. The number of hydrazine groups is 1. The van der Waals surface area contributed by atoms with Crippen LogP contribution in [0.25, 0.3) is 0 Å². The predicted molar refractivity (Wildman–Crippen MR) is 51.6 cm³/mol. The van der Waals surface area contributed by atoms with Gasteiger partial charge in [0.1, 0.15) is 11.6 Å². The highest BCUT2D eigenvalue weighted by Gasteiger charge is 2.26. The van der Waals surface area contributed by atoms with E-state index in [2.05, 4.69) is 0 Å². The van der Waals surface area contributed by atoms with Gasteiger partial charge in [-0.1, -0.05) is 0 Å². The van der Waals surface area contributed by atoms with Crippen molar-refractivity contribution < 1.29 is 9.59 Å². The van der Waals surface area contributed by atoms with E-state index in [4.69, 9.17) is 0 Å². The highest BCUT2D eigenvalue weighted by atomic mass is 16.1. The highest BCUT2D eigenvalue weighted by molar-refractivity contribution is 5.82. The minimum atomic E-state index is 0.300. The van der Waals surface area contributed by atoms with Gasteiger partial charge >= 0.3 is 0 Å². The minimum absolute atomic E-state index is 0.300. The molecule has 0 aromatic carbocycles. The Balaban J connectivity index is 1.92. The Hall–Kier alpha value is -0.740. The molecule has 0 amide bonds.